The van der Waals surface area contributed by atoms with Crippen molar-refractivity contribution in [2.75, 3.05) is 18.0 Å². The largest absolute Gasteiger partial charge is 0.361 e. The number of nitrogens with zero attached hydrogens (tertiary/aromatic N) is 5. The SMILES string of the molecule is CCc1nnc(N2C[C@@H]3CC[C@H](C2)N(Cc2c(C)noc2C)C3=O)s1. The predicted octanol–water partition coefficient (Wildman–Crippen LogP) is 2.33. The number of anilines is 1. The van der Waals surface area contributed by atoms with Gasteiger partial charge in [-0.15, -0.1) is 10.2 Å². The van der Waals surface area contributed by atoms with Crippen LogP contribution in [0.5, 0.6) is 0 Å². The lowest BCUT2D eigenvalue weighted by Gasteiger charge is -2.35. The summed E-state index contributed by atoms with van der Waals surface area (Å²) < 4.78 is 5.27. The van der Waals surface area contributed by atoms with Crippen LogP contribution in [-0.4, -0.2) is 45.3 Å². The number of hydrogen-bond donors (Lipinski definition) is 0. The highest BCUT2D eigenvalue weighted by Gasteiger charge is 2.41. The number of amides is 1. The summed E-state index contributed by atoms with van der Waals surface area (Å²) in [5.41, 5.74) is 1.91. The summed E-state index contributed by atoms with van der Waals surface area (Å²) in [6.45, 7) is 8.09. The summed E-state index contributed by atoms with van der Waals surface area (Å²) in [7, 11) is 0. The van der Waals surface area contributed by atoms with E-state index in [1.165, 1.54) is 0 Å². The van der Waals surface area contributed by atoms with Crippen LogP contribution < -0.4 is 4.90 Å². The molecule has 0 aromatic carbocycles. The molecule has 5 heterocycles. The Labute approximate surface area is 151 Å². The third kappa shape index (κ3) is 2.92. The van der Waals surface area contributed by atoms with E-state index < -0.39 is 0 Å². The molecule has 2 aromatic rings. The minimum Gasteiger partial charge on any atom is -0.361 e. The summed E-state index contributed by atoms with van der Waals surface area (Å²) in [5.74, 6) is 1.09. The molecule has 7 nitrogen and oxygen atoms in total. The first-order chi connectivity index (χ1) is 12.1. The van der Waals surface area contributed by atoms with Crippen molar-refractivity contribution in [3.63, 3.8) is 0 Å². The van der Waals surface area contributed by atoms with Gasteiger partial charge in [0, 0.05) is 24.7 Å². The van der Waals surface area contributed by atoms with Crippen LogP contribution in [0.2, 0.25) is 0 Å². The van der Waals surface area contributed by atoms with E-state index in [9.17, 15) is 4.79 Å². The van der Waals surface area contributed by atoms with Crippen LogP contribution in [0.3, 0.4) is 0 Å². The van der Waals surface area contributed by atoms with Gasteiger partial charge in [-0.2, -0.15) is 0 Å². The molecule has 2 aromatic heterocycles. The van der Waals surface area contributed by atoms with Crippen molar-refractivity contribution in [3.8, 4) is 0 Å². The van der Waals surface area contributed by atoms with E-state index in [0.29, 0.717) is 6.54 Å². The molecule has 3 saturated heterocycles. The van der Waals surface area contributed by atoms with Crippen LogP contribution in [0.1, 0.15) is 41.8 Å². The maximum atomic E-state index is 13.0. The molecule has 1 amide bonds. The molecular formula is C17H23N5O2S. The number of aromatic nitrogens is 3. The van der Waals surface area contributed by atoms with Gasteiger partial charge >= 0.3 is 0 Å². The van der Waals surface area contributed by atoms with Gasteiger partial charge in [-0.3, -0.25) is 4.79 Å². The third-order valence-corrected chi connectivity index (χ3v) is 6.46. The number of aryl methyl sites for hydroxylation is 3. The maximum Gasteiger partial charge on any atom is 0.228 e. The lowest BCUT2D eigenvalue weighted by Crippen LogP contribution is -2.47. The molecule has 25 heavy (non-hydrogen) atoms. The molecule has 2 atom stereocenters. The zero-order valence-corrected chi connectivity index (χ0v) is 15.7. The Kier molecular flexibility index (Phi) is 4.23. The minimum absolute atomic E-state index is 0.0354. The summed E-state index contributed by atoms with van der Waals surface area (Å²) in [5, 5.41) is 14.6. The molecule has 0 saturated carbocycles. The van der Waals surface area contributed by atoms with Crippen molar-refractivity contribution in [2.45, 2.75) is 52.6 Å². The first-order valence-electron chi connectivity index (χ1n) is 8.86. The van der Waals surface area contributed by atoms with Crippen LogP contribution in [0.4, 0.5) is 5.13 Å². The van der Waals surface area contributed by atoms with Gasteiger partial charge in [-0.1, -0.05) is 23.4 Å². The fraction of sp³-hybridized carbons (Fsp3) is 0.647. The van der Waals surface area contributed by atoms with Gasteiger partial charge in [0.05, 0.1) is 18.2 Å². The first kappa shape index (κ1) is 16.5. The minimum atomic E-state index is 0.0354. The van der Waals surface area contributed by atoms with E-state index in [4.69, 9.17) is 4.52 Å². The smallest absolute Gasteiger partial charge is 0.228 e. The van der Waals surface area contributed by atoms with Crippen molar-refractivity contribution >= 4 is 22.4 Å². The third-order valence-electron chi connectivity index (χ3n) is 5.33. The van der Waals surface area contributed by atoms with Crippen LogP contribution in [0.25, 0.3) is 0 Å². The standard InChI is InChI=1S/C17H23N5O2S/c1-4-15-18-19-17(25-15)21-7-12-5-6-13(8-21)22(16(12)23)9-14-10(2)20-24-11(14)3/h12-13H,4-9H2,1-3H3/t12-,13+/m0/s1. The number of carbonyl (C=O) groups is 1. The lowest BCUT2D eigenvalue weighted by molar-refractivity contribution is -0.140. The van der Waals surface area contributed by atoms with Gasteiger partial charge < -0.3 is 14.3 Å². The summed E-state index contributed by atoms with van der Waals surface area (Å²) in [6.07, 6.45) is 2.89. The molecule has 0 N–H and O–H groups in total. The van der Waals surface area contributed by atoms with E-state index in [1.54, 1.807) is 11.3 Å². The summed E-state index contributed by atoms with van der Waals surface area (Å²) in [4.78, 5) is 17.3. The Morgan fingerprint density at radius 1 is 1.24 bits per heavy atom. The van der Waals surface area contributed by atoms with Gasteiger partial charge in [-0.25, -0.2) is 0 Å². The molecule has 3 aliphatic rings. The number of piperidine rings is 1. The van der Waals surface area contributed by atoms with Crippen molar-refractivity contribution in [3.05, 3.63) is 22.0 Å². The molecular weight excluding hydrogens is 338 g/mol. The quantitative estimate of drug-likeness (QED) is 0.832. The number of hydrogen-bond acceptors (Lipinski definition) is 7. The predicted molar refractivity (Wildman–Crippen MR) is 94.5 cm³/mol. The molecule has 8 heteroatoms. The molecule has 0 radical (unpaired) electrons. The fourth-order valence-corrected chi connectivity index (χ4v) is 4.61. The fourth-order valence-electron chi connectivity index (χ4n) is 3.82. The average molecular weight is 361 g/mol. The highest BCUT2D eigenvalue weighted by atomic mass is 32.1. The Bertz CT molecular complexity index is 766. The topological polar surface area (TPSA) is 75.4 Å². The zero-order valence-electron chi connectivity index (χ0n) is 14.9. The lowest BCUT2D eigenvalue weighted by atomic mass is 9.93. The van der Waals surface area contributed by atoms with Crippen LogP contribution in [0.15, 0.2) is 4.52 Å². The number of carbonyl (C=O) groups excluding carboxylic acids is 1. The Hall–Kier alpha value is -1.96. The van der Waals surface area contributed by atoms with E-state index in [0.717, 1.165) is 59.5 Å². The highest BCUT2D eigenvalue weighted by molar-refractivity contribution is 7.15. The van der Waals surface area contributed by atoms with E-state index in [2.05, 4.69) is 27.2 Å². The van der Waals surface area contributed by atoms with Crippen LogP contribution in [0, 0.1) is 19.8 Å². The summed E-state index contributed by atoms with van der Waals surface area (Å²) >= 11 is 1.64. The van der Waals surface area contributed by atoms with Gasteiger partial charge in [0.15, 0.2) is 0 Å². The van der Waals surface area contributed by atoms with E-state index >= 15 is 0 Å². The molecule has 0 spiro atoms. The van der Waals surface area contributed by atoms with Crippen molar-refractivity contribution in [2.24, 2.45) is 5.92 Å². The Morgan fingerprint density at radius 2 is 2.08 bits per heavy atom. The number of rotatable bonds is 4. The zero-order chi connectivity index (χ0) is 17.6. The normalized spacial score (nSPS) is 23.4. The number of fused-ring (bicyclic) bond motifs is 4. The second-order valence-corrected chi connectivity index (χ2v) is 7.97. The van der Waals surface area contributed by atoms with Crippen molar-refractivity contribution in [1.82, 2.24) is 20.3 Å². The molecule has 0 aliphatic carbocycles. The monoisotopic (exact) mass is 361 g/mol. The van der Waals surface area contributed by atoms with Crippen LogP contribution >= 0.6 is 11.3 Å². The van der Waals surface area contributed by atoms with Crippen molar-refractivity contribution in [1.29, 1.82) is 0 Å². The molecule has 5 rings (SSSR count). The first-order valence-corrected chi connectivity index (χ1v) is 9.68. The van der Waals surface area contributed by atoms with Gasteiger partial charge in [0.25, 0.3) is 0 Å². The second kappa shape index (κ2) is 6.40. The van der Waals surface area contributed by atoms with Gasteiger partial charge in [-0.05, 0) is 33.1 Å². The molecule has 134 valence electrons. The maximum absolute atomic E-state index is 13.0. The Morgan fingerprint density at radius 3 is 2.76 bits per heavy atom. The van der Waals surface area contributed by atoms with Crippen molar-refractivity contribution < 1.29 is 9.32 Å². The molecule has 0 unspecified atom stereocenters. The average Bonchev–Trinajstić information content (AvgIpc) is 3.10. The molecule has 3 aliphatic heterocycles. The molecule has 3 fully saturated rings. The highest BCUT2D eigenvalue weighted by Crippen LogP contribution is 2.34. The summed E-state index contributed by atoms with van der Waals surface area (Å²) in [6, 6.07) is 0.203. The van der Waals surface area contributed by atoms with Gasteiger partial charge in [0.1, 0.15) is 10.8 Å². The van der Waals surface area contributed by atoms with Crippen LogP contribution in [-0.2, 0) is 17.8 Å². The Balaban J connectivity index is 1.58. The molecule has 2 bridgehead atoms. The van der Waals surface area contributed by atoms with E-state index in [1.807, 2.05) is 18.7 Å². The van der Waals surface area contributed by atoms with E-state index in [-0.39, 0.29) is 17.9 Å². The van der Waals surface area contributed by atoms with Gasteiger partial charge in [0.2, 0.25) is 11.0 Å². The second-order valence-electron chi connectivity index (χ2n) is 6.93.